The van der Waals surface area contributed by atoms with Crippen LogP contribution >= 0.6 is 0 Å². The van der Waals surface area contributed by atoms with Crippen molar-refractivity contribution in [3.63, 3.8) is 0 Å². The molecular weight excluding hydrogens is 322 g/mol. The third kappa shape index (κ3) is 4.85. The summed E-state index contributed by atoms with van der Waals surface area (Å²) < 4.78 is 10.8. The summed E-state index contributed by atoms with van der Waals surface area (Å²) in [7, 11) is 6.61. The van der Waals surface area contributed by atoms with E-state index in [1.54, 1.807) is 28.3 Å². The molecule has 1 aromatic rings. The minimum Gasteiger partial charge on any atom is -0.497 e. The molecule has 1 heterocycles. The van der Waals surface area contributed by atoms with Gasteiger partial charge in [0.1, 0.15) is 11.5 Å². The highest BCUT2D eigenvalue weighted by molar-refractivity contribution is 5.85. The molecular formula is C18H27N3O4. The van der Waals surface area contributed by atoms with Gasteiger partial charge in [-0.25, -0.2) is 0 Å². The van der Waals surface area contributed by atoms with E-state index >= 15 is 0 Å². The predicted octanol–water partition coefficient (Wildman–Crippen LogP) is 1.05. The van der Waals surface area contributed by atoms with Crippen molar-refractivity contribution in [1.82, 2.24) is 15.1 Å². The molecule has 1 aromatic carbocycles. The number of hydrogen-bond acceptors (Lipinski definition) is 5. The zero-order valence-electron chi connectivity index (χ0n) is 15.4. The number of methoxy groups -OCH3 is 2. The van der Waals surface area contributed by atoms with Crippen molar-refractivity contribution in [3.8, 4) is 11.5 Å². The molecule has 138 valence electrons. The van der Waals surface area contributed by atoms with Crippen LogP contribution in [-0.2, 0) is 9.59 Å². The fourth-order valence-corrected chi connectivity index (χ4v) is 3.04. The molecule has 0 bridgehead atoms. The van der Waals surface area contributed by atoms with E-state index in [2.05, 4.69) is 10.2 Å². The number of amides is 2. The molecule has 2 amide bonds. The summed E-state index contributed by atoms with van der Waals surface area (Å²) in [6, 6.07) is 5.82. The molecule has 1 fully saturated rings. The molecule has 0 radical (unpaired) electrons. The van der Waals surface area contributed by atoms with E-state index in [1.807, 2.05) is 18.2 Å². The highest BCUT2D eigenvalue weighted by atomic mass is 16.5. The zero-order chi connectivity index (χ0) is 18.4. The SMILES string of the molecule is COc1ccc(OC)c([C@H]2CCCN2CC(=O)NCC(=O)N(C)C)c1. The Labute approximate surface area is 148 Å². The van der Waals surface area contributed by atoms with Crippen LogP contribution in [0, 0.1) is 0 Å². The van der Waals surface area contributed by atoms with Crippen molar-refractivity contribution in [2.75, 3.05) is 47.9 Å². The number of carbonyl (C=O) groups excluding carboxylic acids is 2. The van der Waals surface area contributed by atoms with Crippen LogP contribution in [0.2, 0.25) is 0 Å². The van der Waals surface area contributed by atoms with Gasteiger partial charge in [0, 0.05) is 25.7 Å². The normalized spacial score (nSPS) is 17.2. The smallest absolute Gasteiger partial charge is 0.241 e. The summed E-state index contributed by atoms with van der Waals surface area (Å²) >= 11 is 0. The van der Waals surface area contributed by atoms with E-state index in [9.17, 15) is 9.59 Å². The van der Waals surface area contributed by atoms with Crippen LogP contribution in [0.3, 0.4) is 0 Å². The monoisotopic (exact) mass is 349 g/mol. The minimum atomic E-state index is -0.149. The van der Waals surface area contributed by atoms with Crippen molar-refractivity contribution in [1.29, 1.82) is 0 Å². The van der Waals surface area contributed by atoms with Crippen molar-refractivity contribution in [2.45, 2.75) is 18.9 Å². The van der Waals surface area contributed by atoms with Gasteiger partial charge in [-0.3, -0.25) is 14.5 Å². The minimum absolute atomic E-state index is 0.0207. The van der Waals surface area contributed by atoms with Gasteiger partial charge >= 0.3 is 0 Å². The number of hydrogen-bond donors (Lipinski definition) is 1. The first-order valence-electron chi connectivity index (χ1n) is 8.39. The maximum atomic E-state index is 12.2. The highest BCUT2D eigenvalue weighted by Crippen LogP contribution is 2.38. The second kappa shape index (κ2) is 8.71. The Bertz CT molecular complexity index is 618. The standard InChI is InChI=1S/C18H27N3O4/c1-20(2)18(23)11-19-17(22)12-21-9-5-6-15(21)14-10-13(24-3)7-8-16(14)25-4/h7-8,10,15H,5-6,9,11-12H2,1-4H3,(H,19,22)/t15-/m1/s1. The van der Waals surface area contributed by atoms with Gasteiger partial charge in [0.05, 0.1) is 27.3 Å². The van der Waals surface area contributed by atoms with Crippen LogP contribution in [0.4, 0.5) is 0 Å². The number of rotatable bonds is 7. The van der Waals surface area contributed by atoms with Crippen LogP contribution in [0.25, 0.3) is 0 Å². The zero-order valence-corrected chi connectivity index (χ0v) is 15.4. The van der Waals surface area contributed by atoms with Crippen LogP contribution in [-0.4, -0.2) is 69.6 Å². The number of nitrogens with one attached hydrogen (secondary N) is 1. The van der Waals surface area contributed by atoms with Gasteiger partial charge in [0.15, 0.2) is 0 Å². The Hall–Kier alpha value is -2.28. The molecule has 25 heavy (non-hydrogen) atoms. The molecule has 0 aliphatic carbocycles. The lowest BCUT2D eigenvalue weighted by Crippen LogP contribution is -2.41. The topological polar surface area (TPSA) is 71.1 Å². The largest absolute Gasteiger partial charge is 0.497 e. The molecule has 0 saturated carbocycles. The second-order valence-electron chi connectivity index (χ2n) is 6.30. The number of carbonyl (C=O) groups is 2. The van der Waals surface area contributed by atoms with E-state index in [0.717, 1.165) is 36.4 Å². The first-order chi connectivity index (χ1) is 12.0. The summed E-state index contributed by atoms with van der Waals surface area (Å²) in [5, 5.41) is 2.69. The third-order valence-electron chi connectivity index (χ3n) is 4.44. The summed E-state index contributed by atoms with van der Waals surface area (Å²) in [6.07, 6.45) is 1.96. The Kier molecular flexibility index (Phi) is 6.64. The van der Waals surface area contributed by atoms with Crippen LogP contribution in [0.15, 0.2) is 18.2 Å². The Morgan fingerprint density at radius 2 is 2.04 bits per heavy atom. The van der Waals surface area contributed by atoms with Crippen molar-refractivity contribution < 1.29 is 19.1 Å². The molecule has 7 heteroatoms. The van der Waals surface area contributed by atoms with Crippen molar-refractivity contribution in [2.24, 2.45) is 0 Å². The molecule has 1 saturated heterocycles. The van der Waals surface area contributed by atoms with Gasteiger partial charge in [-0.05, 0) is 37.6 Å². The van der Waals surface area contributed by atoms with Gasteiger partial charge in [-0.2, -0.15) is 0 Å². The van der Waals surface area contributed by atoms with Crippen LogP contribution in [0.1, 0.15) is 24.4 Å². The lowest BCUT2D eigenvalue weighted by atomic mass is 10.0. The van der Waals surface area contributed by atoms with Gasteiger partial charge in [0.25, 0.3) is 0 Å². The van der Waals surface area contributed by atoms with Gasteiger partial charge in [-0.15, -0.1) is 0 Å². The average Bonchev–Trinajstić information content (AvgIpc) is 3.06. The van der Waals surface area contributed by atoms with Gasteiger partial charge in [0.2, 0.25) is 11.8 Å². The number of ether oxygens (including phenoxy) is 2. The fourth-order valence-electron chi connectivity index (χ4n) is 3.04. The molecule has 0 spiro atoms. The van der Waals surface area contributed by atoms with Crippen molar-refractivity contribution >= 4 is 11.8 Å². The number of likely N-dealkylation sites (tertiary alicyclic amines) is 1. The number of nitrogens with zero attached hydrogens (tertiary/aromatic N) is 2. The van der Waals surface area contributed by atoms with E-state index in [-0.39, 0.29) is 30.9 Å². The quantitative estimate of drug-likeness (QED) is 0.797. The van der Waals surface area contributed by atoms with E-state index < -0.39 is 0 Å². The molecule has 1 N–H and O–H groups in total. The summed E-state index contributed by atoms with van der Waals surface area (Å²) in [4.78, 5) is 27.4. The molecule has 0 unspecified atom stereocenters. The summed E-state index contributed by atoms with van der Waals surface area (Å²) in [5.41, 5.74) is 1.02. The molecule has 1 aliphatic heterocycles. The number of likely N-dealkylation sites (N-methyl/N-ethyl adjacent to an activating group) is 1. The van der Waals surface area contributed by atoms with E-state index in [1.165, 1.54) is 4.90 Å². The molecule has 2 rings (SSSR count). The van der Waals surface area contributed by atoms with Gasteiger partial charge in [-0.1, -0.05) is 0 Å². The van der Waals surface area contributed by atoms with E-state index in [0.29, 0.717) is 0 Å². The maximum Gasteiger partial charge on any atom is 0.241 e. The third-order valence-corrected chi connectivity index (χ3v) is 4.44. The summed E-state index contributed by atoms with van der Waals surface area (Å²) in [6.45, 7) is 1.11. The highest BCUT2D eigenvalue weighted by Gasteiger charge is 2.30. The van der Waals surface area contributed by atoms with E-state index in [4.69, 9.17) is 9.47 Å². The predicted molar refractivity (Wildman–Crippen MR) is 94.8 cm³/mol. The molecule has 1 aliphatic rings. The molecule has 1 atom stereocenters. The van der Waals surface area contributed by atoms with Crippen LogP contribution < -0.4 is 14.8 Å². The second-order valence-corrected chi connectivity index (χ2v) is 6.30. The summed E-state index contributed by atoms with van der Waals surface area (Å²) in [5.74, 6) is 1.29. The Morgan fingerprint density at radius 3 is 2.68 bits per heavy atom. The first-order valence-corrected chi connectivity index (χ1v) is 8.39. The first kappa shape index (κ1) is 19.1. The lowest BCUT2D eigenvalue weighted by Gasteiger charge is -2.26. The average molecular weight is 349 g/mol. The Balaban J connectivity index is 2.05. The molecule has 7 nitrogen and oxygen atoms in total. The fraction of sp³-hybridized carbons (Fsp3) is 0.556. The maximum absolute atomic E-state index is 12.2. The Morgan fingerprint density at radius 1 is 1.28 bits per heavy atom. The lowest BCUT2D eigenvalue weighted by molar-refractivity contribution is -0.131. The number of benzene rings is 1. The molecule has 0 aromatic heterocycles. The van der Waals surface area contributed by atoms with Crippen molar-refractivity contribution in [3.05, 3.63) is 23.8 Å². The van der Waals surface area contributed by atoms with Crippen LogP contribution in [0.5, 0.6) is 11.5 Å². The van der Waals surface area contributed by atoms with Gasteiger partial charge < -0.3 is 19.7 Å².